The van der Waals surface area contributed by atoms with Gasteiger partial charge in [0.05, 0.1) is 13.2 Å². The molecule has 4 aliphatic rings. The van der Waals surface area contributed by atoms with Crippen molar-refractivity contribution in [3.63, 3.8) is 0 Å². The fraction of sp³-hybridized carbons (Fsp3) is 0.750. The number of hydrogen-bond acceptors (Lipinski definition) is 2. The molecule has 28 heavy (non-hydrogen) atoms. The van der Waals surface area contributed by atoms with E-state index in [1.165, 1.54) is 38.5 Å². The number of benzene rings is 1. The van der Waals surface area contributed by atoms with Crippen LogP contribution in [0.15, 0.2) is 18.2 Å². The predicted molar refractivity (Wildman–Crippen MR) is 104 cm³/mol. The van der Waals surface area contributed by atoms with E-state index in [0.29, 0.717) is 5.92 Å². The fourth-order valence-electron chi connectivity index (χ4n) is 6.80. The first-order valence-corrected chi connectivity index (χ1v) is 11.3. The lowest BCUT2D eigenvalue weighted by atomic mass is 9.60. The van der Waals surface area contributed by atoms with E-state index < -0.39 is 11.6 Å². The molecule has 0 N–H and O–H groups in total. The standard InChI is InChI=1S/C24H32F2O2/c25-22-13-21(14-23(26)15-22)20-4-3-18-11-17(1-2-19(18)12-20)16-5-7-24(8-6-16)27-9-10-28-24/h13-20H,1-12H2/t17?,18-,19+,20?/m1/s1. The largest absolute Gasteiger partial charge is 0.348 e. The highest BCUT2D eigenvalue weighted by Gasteiger charge is 2.44. The lowest BCUT2D eigenvalue weighted by molar-refractivity contribution is -0.185. The van der Waals surface area contributed by atoms with Gasteiger partial charge >= 0.3 is 0 Å². The van der Waals surface area contributed by atoms with Crippen LogP contribution >= 0.6 is 0 Å². The maximum Gasteiger partial charge on any atom is 0.168 e. The molecule has 4 fully saturated rings. The Morgan fingerprint density at radius 2 is 1.25 bits per heavy atom. The summed E-state index contributed by atoms with van der Waals surface area (Å²) in [5.74, 6) is 2.43. The van der Waals surface area contributed by atoms with Gasteiger partial charge in [-0.15, -0.1) is 0 Å². The van der Waals surface area contributed by atoms with Crippen LogP contribution in [-0.4, -0.2) is 19.0 Å². The number of ether oxygens (including phenoxy) is 2. The van der Waals surface area contributed by atoms with E-state index in [-0.39, 0.29) is 5.79 Å². The van der Waals surface area contributed by atoms with Crippen molar-refractivity contribution in [1.82, 2.24) is 0 Å². The molecular formula is C24H32F2O2. The Balaban J connectivity index is 1.17. The van der Waals surface area contributed by atoms with Gasteiger partial charge in [0.25, 0.3) is 0 Å². The molecule has 3 aliphatic carbocycles. The molecule has 4 atom stereocenters. The maximum atomic E-state index is 13.6. The van der Waals surface area contributed by atoms with Crippen LogP contribution in [0, 0.1) is 35.3 Å². The number of fused-ring (bicyclic) bond motifs is 1. The van der Waals surface area contributed by atoms with E-state index in [1.807, 2.05) is 0 Å². The SMILES string of the molecule is Fc1cc(F)cc(C2CC[C@@H]3CC(C4CCC5(CC4)OCCO5)CC[C@H]3C2)c1. The molecule has 0 amide bonds. The number of rotatable bonds is 2. The predicted octanol–water partition coefficient (Wildman–Crippen LogP) is 6.20. The Kier molecular flexibility index (Phi) is 5.21. The van der Waals surface area contributed by atoms with Gasteiger partial charge in [0, 0.05) is 18.9 Å². The summed E-state index contributed by atoms with van der Waals surface area (Å²) >= 11 is 0. The van der Waals surface area contributed by atoms with E-state index in [1.54, 1.807) is 12.1 Å². The smallest absolute Gasteiger partial charge is 0.168 e. The Morgan fingerprint density at radius 3 is 1.93 bits per heavy atom. The Morgan fingerprint density at radius 1 is 0.679 bits per heavy atom. The molecule has 2 nitrogen and oxygen atoms in total. The zero-order valence-electron chi connectivity index (χ0n) is 16.7. The summed E-state index contributed by atoms with van der Waals surface area (Å²) < 4.78 is 39.0. The van der Waals surface area contributed by atoms with E-state index in [2.05, 4.69) is 0 Å². The summed E-state index contributed by atoms with van der Waals surface area (Å²) in [7, 11) is 0. The lowest BCUT2D eigenvalue weighted by Crippen LogP contribution is -2.39. The molecule has 1 heterocycles. The summed E-state index contributed by atoms with van der Waals surface area (Å²) in [6.07, 6.45) is 12.0. The van der Waals surface area contributed by atoms with Crippen molar-refractivity contribution in [2.75, 3.05) is 13.2 Å². The van der Waals surface area contributed by atoms with Crippen molar-refractivity contribution in [3.05, 3.63) is 35.4 Å². The molecule has 1 aliphatic heterocycles. The topological polar surface area (TPSA) is 18.5 Å². The van der Waals surface area contributed by atoms with Gasteiger partial charge in [-0.1, -0.05) is 0 Å². The number of hydrogen-bond donors (Lipinski definition) is 0. The Bertz CT molecular complexity index is 670. The average Bonchev–Trinajstić information content (AvgIpc) is 3.15. The van der Waals surface area contributed by atoms with Gasteiger partial charge < -0.3 is 9.47 Å². The molecule has 1 saturated heterocycles. The maximum absolute atomic E-state index is 13.6. The van der Waals surface area contributed by atoms with Crippen molar-refractivity contribution >= 4 is 0 Å². The zero-order chi connectivity index (χ0) is 19.1. The molecule has 4 heteroatoms. The van der Waals surface area contributed by atoms with Crippen LogP contribution in [0.4, 0.5) is 8.78 Å². The van der Waals surface area contributed by atoms with Crippen molar-refractivity contribution in [2.45, 2.75) is 75.9 Å². The molecule has 154 valence electrons. The second-order valence-electron chi connectivity index (χ2n) is 9.75. The van der Waals surface area contributed by atoms with Crippen LogP contribution in [0.1, 0.15) is 75.7 Å². The Labute approximate surface area is 167 Å². The van der Waals surface area contributed by atoms with E-state index in [9.17, 15) is 8.78 Å². The van der Waals surface area contributed by atoms with Gasteiger partial charge in [0.1, 0.15) is 11.6 Å². The third-order valence-corrected chi connectivity index (χ3v) is 8.28. The molecule has 5 rings (SSSR count). The highest BCUT2D eigenvalue weighted by molar-refractivity contribution is 5.22. The van der Waals surface area contributed by atoms with Crippen molar-refractivity contribution < 1.29 is 18.3 Å². The molecular weight excluding hydrogens is 358 g/mol. The highest BCUT2D eigenvalue weighted by atomic mass is 19.1. The van der Waals surface area contributed by atoms with Crippen molar-refractivity contribution in [1.29, 1.82) is 0 Å². The summed E-state index contributed by atoms with van der Waals surface area (Å²) in [6.45, 7) is 1.52. The van der Waals surface area contributed by atoms with Crippen molar-refractivity contribution in [3.8, 4) is 0 Å². The van der Waals surface area contributed by atoms with Crippen LogP contribution < -0.4 is 0 Å². The summed E-state index contributed by atoms with van der Waals surface area (Å²) in [6, 6.07) is 4.08. The third kappa shape index (κ3) is 3.75. The minimum absolute atomic E-state index is 0.244. The van der Waals surface area contributed by atoms with Gasteiger partial charge in [-0.05, 0) is 98.7 Å². The van der Waals surface area contributed by atoms with Crippen LogP contribution in [0.5, 0.6) is 0 Å². The zero-order valence-corrected chi connectivity index (χ0v) is 16.7. The number of halogens is 2. The molecule has 0 radical (unpaired) electrons. The monoisotopic (exact) mass is 390 g/mol. The van der Waals surface area contributed by atoms with Crippen LogP contribution in [-0.2, 0) is 9.47 Å². The van der Waals surface area contributed by atoms with Crippen LogP contribution in [0.25, 0.3) is 0 Å². The molecule has 1 spiro atoms. The molecule has 2 unspecified atom stereocenters. The second kappa shape index (κ2) is 7.68. The average molecular weight is 391 g/mol. The molecule has 3 saturated carbocycles. The van der Waals surface area contributed by atoms with Crippen LogP contribution in [0.3, 0.4) is 0 Å². The molecule has 1 aromatic carbocycles. The van der Waals surface area contributed by atoms with Gasteiger partial charge in [0.2, 0.25) is 0 Å². The van der Waals surface area contributed by atoms with Gasteiger partial charge in [-0.3, -0.25) is 0 Å². The van der Waals surface area contributed by atoms with E-state index >= 15 is 0 Å². The summed E-state index contributed by atoms with van der Waals surface area (Å²) in [4.78, 5) is 0. The normalized spacial score (nSPS) is 35.8. The highest BCUT2D eigenvalue weighted by Crippen LogP contribution is 2.51. The van der Waals surface area contributed by atoms with Gasteiger partial charge in [-0.2, -0.15) is 0 Å². The van der Waals surface area contributed by atoms with Gasteiger partial charge in [-0.25, -0.2) is 8.78 Å². The van der Waals surface area contributed by atoms with Crippen molar-refractivity contribution in [2.24, 2.45) is 23.7 Å². The molecule has 1 aromatic rings. The Hall–Kier alpha value is -1.00. The first-order valence-electron chi connectivity index (χ1n) is 11.3. The fourth-order valence-corrected chi connectivity index (χ4v) is 6.80. The summed E-state index contributed by atoms with van der Waals surface area (Å²) in [5, 5.41) is 0. The first-order chi connectivity index (χ1) is 13.6. The quantitative estimate of drug-likeness (QED) is 0.599. The summed E-state index contributed by atoms with van der Waals surface area (Å²) in [5.41, 5.74) is 0.868. The third-order valence-electron chi connectivity index (χ3n) is 8.28. The minimum Gasteiger partial charge on any atom is -0.348 e. The van der Waals surface area contributed by atoms with E-state index in [4.69, 9.17) is 9.47 Å². The minimum atomic E-state index is -0.439. The van der Waals surface area contributed by atoms with E-state index in [0.717, 1.165) is 74.2 Å². The second-order valence-corrected chi connectivity index (χ2v) is 9.75. The van der Waals surface area contributed by atoms with Crippen LogP contribution in [0.2, 0.25) is 0 Å². The lowest BCUT2D eigenvalue weighted by Gasteiger charge is -2.46. The van der Waals surface area contributed by atoms with Gasteiger partial charge in [0.15, 0.2) is 5.79 Å². The molecule has 0 aromatic heterocycles. The molecule has 0 bridgehead atoms. The first kappa shape index (κ1) is 19.0.